The number of unbranched alkanes of at least 4 members (excludes halogenated alkanes) is 6. The smallest absolute Gasteiger partial charge is 0.326 e. The lowest BCUT2D eigenvalue weighted by molar-refractivity contribution is -0.151. The molecule has 176 valence electrons. The summed E-state index contributed by atoms with van der Waals surface area (Å²) >= 11 is 0. The van der Waals surface area contributed by atoms with Crippen molar-refractivity contribution in [3.63, 3.8) is 0 Å². The fourth-order valence-corrected chi connectivity index (χ4v) is 4.08. The lowest BCUT2D eigenvalue weighted by Gasteiger charge is -2.27. The summed E-state index contributed by atoms with van der Waals surface area (Å²) < 4.78 is 0. The molecule has 7 nitrogen and oxygen atoms in total. The number of Topliss-reactive ketones (excluding diaryl/α,β-unsaturated/α-hetero) is 1. The Labute approximate surface area is 190 Å². The van der Waals surface area contributed by atoms with Gasteiger partial charge in [-0.15, -0.1) is 0 Å². The monoisotopic (exact) mass is 444 g/mol. The van der Waals surface area contributed by atoms with Crippen LogP contribution in [0.2, 0.25) is 0 Å². The molecule has 2 rings (SSSR count). The minimum absolute atomic E-state index is 0.162. The van der Waals surface area contributed by atoms with Crippen LogP contribution in [0.3, 0.4) is 0 Å². The topological polar surface area (TPSA) is 104 Å². The van der Waals surface area contributed by atoms with Gasteiger partial charge in [0, 0.05) is 19.3 Å². The molecule has 0 aliphatic carbocycles. The van der Waals surface area contributed by atoms with Crippen LogP contribution >= 0.6 is 0 Å². The van der Waals surface area contributed by atoms with E-state index in [1.807, 2.05) is 18.2 Å². The van der Waals surface area contributed by atoms with Crippen molar-refractivity contribution in [3.8, 4) is 0 Å². The minimum Gasteiger partial charge on any atom is -0.480 e. The summed E-state index contributed by atoms with van der Waals surface area (Å²) in [5.74, 6) is -2.34. The molecule has 2 amide bonds. The van der Waals surface area contributed by atoms with Crippen molar-refractivity contribution in [2.24, 2.45) is 0 Å². The maximum Gasteiger partial charge on any atom is 0.326 e. The molecular weight excluding hydrogens is 408 g/mol. The van der Waals surface area contributed by atoms with Gasteiger partial charge in [0.15, 0.2) is 11.9 Å². The molecule has 0 saturated carbocycles. The Hall–Kier alpha value is -2.70. The van der Waals surface area contributed by atoms with Gasteiger partial charge in [-0.3, -0.25) is 14.4 Å². The predicted octanol–water partition coefficient (Wildman–Crippen LogP) is 3.85. The number of benzene rings is 1. The summed E-state index contributed by atoms with van der Waals surface area (Å²) in [5, 5.41) is 12.1. The molecule has 0 radical (unpaired) electrons. The van der Waals surface area contributed by atoms with Crippen molar-refractivity contribution in [2.45, 2.75) is 96.2 Å². The van der Waals surface area contributed by atoms with Gasteiger partial charge in [0.2, 0.25) is 11.8 Å². The van der Waals surface area contributed by atoms with E-state index in [1.165, 1.54) is 5.56 Å². The van der Waals surface area contributed by atoms with Gasteiger partial charge >= 0.3 is 5.97 Å². The van der Waals surface area contributed by atoms with E-state index in [0.717, 1.165) is 49.8 Å². The second-order valence-corrected chi connectivity index (χ2v) is 8.51. The third-order valence-corrected chi connectivity index (χ3v) is 5.89. The molecular formula is C25H36N2O5. The minimum atomic E-state index is -1.22. The number of rotatable bonds is 14. The summed E-state index contributed by atoms with van der Waals surface area (Å²) in [6.45, 7) is 2.12. The Morgan fingerprint density at radius 3 is 2.31 bits per heavy atom. The molecule has 7 heteroatoms. The van der Waals surface area contributed by atoms with Crippen LogP contribution in [0.1, 0.15) is 83.1 Å². The summed E-state index contributed by atoms with van der Waals surface area (Å²) in [6.07, 6.45) is 7.22. The highest BCUT2D eigenvalue weighted by molar-refractivity contribution is 6.00. The lowest BCUT2D eigenvalue weighted by Crippen LogP contribution is -2.53. The van der Waals surface area contributed by atoms with Gasteiger partial charge < -0.3 is 15.3 Å². The molecule has 1 saturated heterocycles. The summed E-state index contributed by atoms with van der Waals surface area (Å²) in [6, 6.07) is 8.88. The van der Waals surface area contributed by atoms with Crippen LogP contribution in [0, 0.1) is 0 Å². The molecule has 1 aliphatic heterocycles. The van der Waals surface area contributed by atoms with Crippen LogP contribution in [-0.4, -0.2) is 45.8 Å². The standard InChI is InChI=1S/C25H36N2O5/c1-2-3-4-5-11-16-22(29)26-24-21(28)18-20(25(31)32)27(24)23(30)17-12-7-10-15-19-13-8-6-9-14-19/h6,8-9,13-14,20,24H,2-5,7,10-12,15-18H2,1H3,(H,26,29)(H,31,32)/t20-,24?/m0/s1. The summed E-state index contributed by atoms with van der Waals surface area (Å²) in [4.78, 5) is 50.3. The van der Waals surface area contributed by atoms with E-state index < -0.39 is 29.9 Å². The van der Waals surface area contributed by atoms with Crippen LogP contribution in [0.25, 0.3) is 0 Å². The Morgan fingerprint density at radius 1 is 0.969 bits per heavy atom. The lowest BCUT2D eigenvalue weighted by atomic mass is 10.1. The quantitative estimate of drug-likeness (QED) is 0.424. The van der Waals surface area contributed by atoms with Crippen LogP contribution in [0.15, 0.2) is 30.3 Å². The number of likely N-dealkylation sites (tertiary alicyclic amines) is 1. The number of hydrogen-bond acceptors (Lipinski definition) is 4. The number of carboxylic acids is 1. The molecule has 1 aromatic rings. The highest BCUT2D eigenvalue weighted by Gasteiger charge is 2.46. The van der Waals surface area contributed by atoms with E-state index >= 15 is 0 Å². The first kappa shape index (κ1) is 25.6. The normalized spacial score (nSPS) is 18.0. The largest absolute Gasteiger partial charge is 0.480 e. The number of aryl methyl sites for hydroxylation is 1. The number of hydrogen-bond donors (Lipinski definition) is 2. The second-order valence-electron chi connectivity index (χ2n) is 8.51. The fraction of sp³-hybridized carbons (Fsp3) is 0.600. The molecule has 2 atom stereocenters. The van der Waals surface area contributed by atoms with E-state index in [2.05, 4.69) is 24.4 Å². The van der Waals surface area contributed by atoms with Crippen molar-refractivity contribution in [2.75, 3.05) is 0 Å². The van der Waals surface area contributed by atoms with Crippen LogP contribution < -0.4 is 5.32 Å². The van der Waals surface area contributed by atoms with Gasteiger partial charge in [-0.25, -0.2) is 4.79 Å². The number of nitrogens with one attached hydrogen (secondary N) is 1. The van der Waals surface area contributed by atoms with Crippen molar-refractivity contribution in [1.29, 1.82) is 0 Å². The van der Waals surface area contributed by atoms with Gasteiger partial charge in [0.1, 0.15) is 6.04 Å². The molecule has 1 aromatic carbocycles. The van der Waals surface area contributed by atoms with Gasteiger partial charge in [0.05, 0.1) is 0 Å². The SMILES string of the molecule is CCCCCCCC(=O)NC1C(=O)C[C@@H](C(=O)O)N1C(=O)CCCCCc1ccccc1. The Bertz CT molecular complexity index is 765. The Morgan fingerprint density at radius 2 is 1.62 bits per heavy atom. The first-order valence-electron chi connectivity index (χ1n) is 11.8. The molecule has 0 aromatic heterocycles. The average molecular weight is 445 g/mol. The number of ketones is 1. The number of carbonyl (C=O) groups excluding carboxylic acids is 3. The van der Waals surface area contributed by atoms with Crippen molar-refractivity contribution < 1.29 is 24.3 Å². The number of amides is 2. The molecule has 0 spiro atoms. The maximum absolute atomic E-state index is 12.8. The number of carbonyl (C=O) groups is 4. The molecule has 2 N–H and O–H groups in total. The van der Waals surface area contributed by atoms with E-state index in [9.17, 15) is 24.3 Å². The van der Waals surface area contributed by atoms with Gasteiger partial charge in [0.25, 0.3) is 0 Å². The van der Waals surface area contributed by atoms with E-state index in [1.54, 1.807) is 0 Å². The number of nitrogens with zero attached hydrogens (tertiary/aromatic N) is 1. The fourth-order valence-electron chi connectivity index (χ4n) is 4.08. The molecule has 1 unspecified atom stereocenters. The van der Waals surface area contributed by atoms with Gasteiger partial charge in [-0.2, -0.15) is 0 Å². The third-order valence-electron chi connectivity index (χ3n) is 5.89. The highest BCUT2D eigenvalue weighted by atomic mass is 16.4. The first-order valence-corrected chi connectivity index (χ1v) is 11.8. The Balaban J connectivity index is 1.84. The molecule has 1 heterocycles. The van der Waals surface area contributed by atoms with Crippen LogP contribution in [-0.2, 0) is 25.6 Å². The molecule has 0 bridgehead atoms. The Kier molecular flexibility index (Phi) is 10.9. The third kappa shape index (κ3) is 8.09. The highest BCUT2D eigenvalue weighted by Crippen LogP contribution is 2.22. The molecule has 1 fully saturated rings. The van der Waals surface area contributed by atoms with Gasteiger partial charge in [-0.05, 0) is 31.2 Å². The van der Waals surface area contributed by atoms with Crippen molar-refractivity contribution >= 4 is 23.6 Å². The van der Waals surface area contributed by atoms with E-state index in [4.69, 9.17) is 0 Å². The van der Waals surface area contributed by atoms with Crippen LogP contribution in [0.4, 0.5) is 0 Å². The number of carboxylic acid groups (broad SMARTS) is 1. The zero-order valence-corrected chi connectivity index (χ0v) is 19.1. The molecule has 32 heavy (non-hydrogen) atoms. The maximum atomic E-state index is 12.8. The number of aliphatic carboxylic acids is 1. The molecule has 1 aliphatic rings. The van der Waals surface area contributed by atoms with Crippen molar-refractivity contribution in [3.05, 3.63) is 35.9 Å². The zero-order valence-electron chi connectivity index (χ0n) is 19.1. The predicted molar refractivity (Wildman–Crippen MR) is 122 cm³/mol. The zero-order chi connectivity index (χ0) is 23.3. The first-order chi connectivity index (χ1) is 15.4. The summed E-state index contributed by atoms with van der Waals surface area (Å²) in [5.41, 5.74) is 1.24. The van der Waals surface area contributed by atoms with E-state index in [-0.39, 0.29) is 25.2 Å². The average Bonchev–Trinajstić information content (AvgIpc) is 3.10. The summed E-state index contributed by atoms with van der Waals surface area (Å²) in [7, 11) is 0. The van der Waals surface area contributed by atoms with E-state index in [0.29, 0.717) is 12.8 Å². The van der Waals surface area contributed by atoms with Gasteiger partial charge in [-0.1, -0.05) is 69.4 Å². The van der Waals surface area contributed by atoms with Crippen LogP contribution in [0.5, 0.6) is 0 Å². The second kappa shape index (κ2) is 13.7. The van der Waals surface area contributed by atoms with Crippen molar-refractivity contribution in [1.82, 2.24) is 10.2 Å².